The zero-order valence-electron chi connectivity index (χ0n) is 10.8. The van der Waals surface area contributed by atoms with Gasteiger partial charge in [0.25, 0.3) is 0 Å². The van der Waals surface area contributed by atoms with Crippen molar-refractivity contribution in [1.82, 2.24) is 15.1 Å². The molecule has 0 aromatic heterocycles. The van der Waals surface area contributed by atoms with Gasteiger partial charge in [-0.3, -0.25) is 14.6 Å². The molecule has 0 spiro atoms. The highest BCUT2D eigenvalue weighted by Gasteiger charge is 2.30. The lowest BCUT2D eigenvalue weighted by Crippen LogP contribution is -2.50. The summed E-state index contributed by atoms with van der Waals surface area (Å²) < 4.78 is 0. The molecule has 2 rings (SSSR count). The predicted octanol–water partition coefficient (Wildman–Crippen LogP) is -1.80. The number of aliphatic hydroxyl groups is 1. The highest BCUT2D eigenvalue weighted by molar-refractivity contribution is 5.80. The third kappa shape index (κ3) is 3.65. The van der Waals surface area contributed by atoms with E-state index in [2.05, 4.69) is 10.2 Å². The number of carbonyl (C=O) groups is 1. The number of hydrogen-bond acceptors (Lipinski definition) is 5. The van der Waals surface area contributed by atoms with Crippen molar-refractivity contribution in [1.29, 1.82) is 0 Å². The first-order valence-electron chi connectivity index (χ1n) is 6.81. The van der Waals surface area contributed by atoms with Gasteiger partial charge in [-0.15, -0.1) is 0 Å². The second-order valence-electron chi connectivity index (χ2n) is 5.26. The molecule has 2 heterocycles. The lowest BCUT2D eigenvalue weighted by Gasteiger charge is -2.31. The van der Waals surface area contributed by atoms with Crippen molar-refractivity contribution in [3.63, 3.8) is 0 Å². The fourth-order valence-electron chi connectivity index (χ4n) is 2.89. The van der Waals surface area contributed by atoms with Crippen LogP contribution in [0.2, 0.25) is 0 Å². The number of β-amino-alcohol motifs (C(OH)–C–C–N with tert-alkyl or cyclic N) is 1. The largest absolute Gasteiger partial charge is 0.390 e. The van der Waals surface area contributed by atoms with E-state index in [1.54, 1.807) is 0 Å². The Morgan fingerprint density at radius 2 is 2.06 bits per heavy atom. The standard InChI is InChI=1S/C12H24N4O2/c13-12(18)11-2-1-5-16(11)9-10(17)8-15-6-3-14-4-7-15/h10-11,14,17H,1-9H2,(H2,13,18). The number of carbonyl (C=O) groups excluding carboxylic acids is 1. The minimum atomic E-state index is -0.400. The molecule has 0 aliphatic carbocycles. The summed E-state index contributed by atoms with van der Waals surface area (Å²) in [6, 6.07) is -0.178. The molecule has 18 heavy (non-hydrogen) atoms. The van der Waals surface area contributed by atoms with Crippen LogP contribution in [0.4, 0.5) is 0 Å². The van der Waals surface area contributed by atoms with Gasteiger partial charge < -0.3 is 16.2 Å². The van der Waals surface area contributed by atoms with E-state index in [1.807, 2.05) is 4.90 Å². The van der Waals surface area contributed by atoms with E-state index in [4.69, 9.17) is 5.73 Å². The lowest BCUT2D eigenvalue weighted by molar-refractivity contribution is -0.122. The van der Waals surface area contributed by atoms with Crippen LogP contribution >= 0.6 is 0 Å². The number of likely N-dealkylation sites (tertiary alicyclic amines) is 1. The van der Waals surface area contributed by atoms with E-state index in [1.165, 1.54) is 0 Å². The highest BCUT2D eigenvalue weighted by Crippen LogP contribution is 2.17. The topological polar surface area (TPSA) is 81.8 Å². The number of nitrogens with one attached hydrogen (secondary N) is 1. The molecule has 0 aromatic carbocycles. The van der Waals surface area contributed by atoms with Crippen molar-refractivity contribution in [2.24, 2.45) is 5.73 Å². The van der Waals surface area contributed by atoms with Crippen molar-refractivity contribution in [2.75, 3.05) is 45.8 Å². The second-order valence-corrected chi connectivity index (χ2v) is 5.26. The van der Waals surface area contributed by atoms with Gasteiger partial charge in [0.15, 0.2) is 0 Å². The molecule has 0 saturated carbocycles. The van der Waals surface area contributed by atoms with Crippen LogP contribution in [0.25, 0.3) is 0 Å². The van der Waals surface area contributed by atoms with E-state index in [-0.39, 0.29) is 11.9 Å². The van der Waals surface area contributed by atoms with E-state index >= 15 is 0 Å². The van der Waals surface area contributed by atoms with Crippen LogP contribution in [-0.4, -0.2) is 78.8 Å². The van der Waals surface area contributed by atoms with Gasteiger partial charge in [-0.25, -0.2) is 0 Å². The predicted molar refractivity (Wildman–Crippen MR) is 69.1 cm³/mol. The van der Waals surface area contributed by atoms with Crippen molar-refractivity contribution in [3.8, 4) is 0 Å². The summed E-state index contributed by atoms with van der Waals surface area (Å²) in [5.74, 6) is -0.262. The van der Waals surface area contributed by atoms with Crippen LogP contribution in [0, 0.1) is 0 Å². The van der Waals surface area contributed by atoms with Gasteiger partial charge >= 0.3 is 0 Å². The minimum absolute atomic E-state index is 0.178. The molecule has 2 aliphatic heterocycles. The number of primary amides is 1. The molecule has 1 amide bonds. The molecular weight excluding hydrogens is 232 g/mol. The monoisotopic (exact) mass is 256 g/mol. The lowest BCUT2D eigenvalue weighted by atomic mass is 10.2. The Hall–Kier alpha value is -0.690. The normalized spacial score (nSPS) is 28.4. The molecule has 2 atom stereocenters. The second kappa shape index (κ2) is 6.47. The van der Waals surface area contributed by atoms with E-state index < -0.39 is 6.10 Å². The molecule has 0 bridgehead atoms. The fraction of sp³-hybridized carbons (Fsp3) is 0.917. The average Bonchev–Trinajstić information content (AvgIpc) is 2.78. The van der Waals surface area contributed by atoms with Gasteiger partial charge in [0.1, 0.15) is 0 Å². The molecule has 4 N–H and O–H groups in total. The number of aliphatic hydroxyl groups excluding tert-OH is 1. The summed E-state index contributed by atoms with van der Waals surface area (Å²) in [6.45, 7) is 6.04. The van der Waals surface area contributed by atoms with Crippen LogP contribution in [-0.2, 0) is 4.79 Å². The Balaban J connectivity index is 1.75. The van der Waals surface area contributed by atoms with Crippen molar-refractivity contribution in [3.05, 3.63) is 0 Å². The van der Waals surface area contributed by atoms with Crippen LogP contribution in [0.15, 0.2) is 0 Å². The van der Waals surface area contributed by atoms with E-state index in [0.29, 0.717) is 13.1 Å². The fourth-order valence-corrected chi connectivity index (χ4v) is 2.89. The first kappa shape index (κ1) is 13.7. The maximum Gasteiger partial charge on any atom is 0.234 e. The number of piperazine rings is 1. The zero-order chi connectivity index (χ0) is 13.0. The van der Waals surface area contributed by atoms with Gasteiger partial charge in [-0.2, -0.15) is 0 Å². The average molecular weight is 256 g/mol. The third-order valence-corrected chi connectivity index (χ3v) is 3.82. The van der Waals surface area contributed by atoms with Crippen molar-refractivity contribution in [2.45, 2.75) is 25.0 Å². The maximum absolute atomic E-state index is 11.3. The maximum atomic E-state index is 11.3. The summed E-state index contributed by atoms with van der Waals surface area (Å²) in [5.41, 5.74) is 5.37. The van der Waals surface area contributed by atoms with Crippen LogP contribution < -0.4 is 11.1 Å². The number of hydrogen-bond donors (Lipinski definition) is 3. The number of rotatable bonds is 5. The Morgan fingerprint density at radius 1 is 1.33 bits per heavy atom. The van der Waals surface area contributed by atoms with Gasteiger partial charge in [-0.1, -0.05) is 0 Å². The molecule has 6 nitrogen and oxygen atoms in total. The van der Waals surface area contributed by atoms with Crippen molar-refractivity contribution < 1.29 is 9.90 Å². The Bertz CT molecular complexity index is 281. The molecule has 0 aromatic rings. The molecule has 2 unspecified atom stereocenters. The van der Waals surface area contributed by atoms with Gasteiger partial charge in [-0.05, 0) is 19.4 Å². The molecule has 2 fully saturated rings. The molecule has 2 aliphatic rings. The first-order valence-corrected chi connectivity index (χ1v) is 6.81. The first-order chi connectivity index (χ1) is 8.66. The number of nitrogens with two attached hydrogens (primary N) is 1. The summed E-state index contributed by atoms with van der Waals surface area (Å²) in [4.78, 5) is 15.5. The van der Waals surface area contributed by atoms with E-state index in [0.717, 1.165) is 45.6 Å². The third-order valence-electron chi connectivity index (χ3n) is 3.82. The smallest absolute Gasteiger partial charge is 0.234 e. The van der Waals surface area contributed by atoms with Gasteiger partial charge in [0.2, 0.25) is 5.91 Å². The van der Waals surface area contributed by atoms with Gasteiger partial charge in [0, 0.05) is 39.3 Å². The van der Waals surface area contributed by atoms with Crippen molar-refractivity contribution >= 4 is 5.91 Å². The zero-order valence-corrected chi connectivity index (χ0v) is 10.8. The van der Waals surface area contributed by atoms with E-state index in [9.17, 15) is 9.90 Å². The SMILES string of the molecule is NC(=O)C1CCCN1CC(O)CN1CCNCC1. The molecule has 0 radical (unpaired) electrons. The number of nitrogens with zero attached hydrogens (tertiary/aromatic N) is 2. The minimum Gasteiger partial charge on any atom is -0.390 e. The molecule has 6 heteroatoms. The molecule has 104 valence electrons. The Labute approximate surface area is 108 Å². The highest BCUT2D eigenvalue weighted by atomic mass is 16.3. The van der Waals surface area contributed by atoms with Crippen LogP contribution in [0.3, 0.4) is 0 Å². The summed E-state index contributed by atoms with van der Waals surface area (Å²) in [6.07, 6.45) is 1.42. The van der Waals surface area contributed by atoms with Crippen LogP contribution in [0.5, 0.6) is 0 Å². The summed E-state index contributed by atoms with van der Waals surface area (Å²) in [7, 11) is 0. The summed E-state index contributed by atoms with van der Waals surface area (Å²) >= 11 is 0. The number of amides is 1. The quantitative estimate of drug-likeness (QED) is 0.541. The van der Waals surface area contributed by atoms with Gasteiger partial charge in [0.05, 0.1) is 12.1 Å². The molecular formula is C12H24N4O2. The summed E-state index contributed by atoms with van der Waals surface area (Å²) in [5, 5.41) is 13.4. The Morgan fingerprint density at radius 3 is 2.72 bits per heavy atom. The van der Waals surface area contributed by atoms with Crippen LogP contribution in [0.1, 0.15) is 12.8 Å². The Kier molecular flexibility index (Phi) is 4.94. The molecule has 2 saturated heterocycles.